The molecule has 182 valence electrons. The number of hydrogen-bond acceptors (Lipinski definition) is 5. The number of benzene rings is 2. The highest BCUT2D eigenvalue weighted by Gasteiger charge is 2.22. The van der Waals surface area contributed by atoms with E-state index in [1.165, 1.54) is 11.1 Å². The van der Waals surface area contributed by atoms with Crippen LogP contribution in [-0.4, -0.2) is 66.1 Å². The summed E-state index contributed by atoms with van der Waals surface area (Å²) in [7, 11) is 0. The molecule has 8 heteroatoms. The molecule has 4 rings (SSSR count). The Labute approximate surface area is 206 Å². The third-order valence-electron chi connectivity index (χ3n) is 6.21. The minimum atomic E-state index is -0.247. The Morgan fingerprint density at radius 3 is 1.94 bits per heavy atom. The van der Waals surface area contributed by atoms with Gasteiger partial charge in [-0.2, -0.15) is 0 Å². The molecule has 1 aliphatic heterocycles. The fraction of sp³-hybridized carbons (Fsp3) is 0.333. The highest BCUT2D eigenvalue weighted by atomic mass is 16.2. The Morgan fingerprint density at radius 1 is 0.771 bits per heavy atom. The maximum atomic E-state index is 12.5. The topological polar surface area (TPSA) is 90.5 Å². The molecule has 0 aliphatic carbocycles. The first kappa shape index (κ1) is 24.2. The molecule has 2 aromatic carbocycles. The summed E-state index contributed by atoms with van der Waals surface area (Å²) in [6.07, 6.45) is 4.52. The van der Waals surface area contributed by atoms with Crippen molar-refractivity contribution < 1.29 is 9.59 Å². The third kappa shape index (κ3) is 7.02. The van der Waals surface area contributed by atoms with E-state index in [1.807, 2.05) is 41.3 Å². The summed E-state index contributed by atoms with van der Waals surface area (Å²) in [4.78, 5) is 37.3. The van der Waals surface area contributed by atoms with Crippen LogP contribution in [-0.2, 0) is 4.79 Å². The number of piperazine rings is 1. The second kappa shape index (κ2) is 12.5. The lowest BCUT2D eigenvalue weighted by Gasteiger charge is -2.34. The van der Waals surface area contributed by atoms with Crippen molar-refractivity contribution in [3.63, 3.8) is 0 Å². The summed E-state index contributed by atoms with van der Waals surface area (Å²) in [5, 5.41) is 5.75. The molecule has 1 fully saturated rings. The lowest BCUT2D eigenvalue weighted by molar-refractivity contribution is -0.131. The highest BCUT2D eigenvalue weighted by Crippen LogP contribution is 2.27. The molecule has 2 N–H and O–H groups in total. The molecule has 0 atom stereocenters. The SMILES string of the molecule is O=C(NCCC(=O)N1CCN(c2ncccn2)CC1)NCCC(c1ccccc1)c1ccccc1. The van der Waals surface area contributed by atoms with Crippen LogP contribution in [0.5, 0.6) is 0 Å². The molecule has 0 unspecified atom stereocenters. The van der Waals surface area contributed by atoms with Crippen molar-refractivity contribution in [3.8, 4) is 0 Å². The molecule has 3 aromatic rings. The quantitative estimate of drug-likeness (QED) is 0.500. The summed E-state index contributed by atoms with van der Waals surface area (Å²) in [6, 6.07) is 22.2. The number of nitrogens with zero attached hydrogens (tertiary/aromatic N) is 4. The van der Waals surface area contributed by atoms with E-state index >= 15 is 0 Å². The zero-order valence-corrected chi connectivity index (χ0v) is 19.8. The molecule has 0 spiro atoms. The van der Waals surface area contributed by atoms with Crippen LogP contribution in [0.2, 0.25) is 0 Å². The predicted octanol–water partition coefficient (Wildman–Crippen LogP) is 3.04. The smallest absolute Gasteiger partial charge is 0.314 e. The normalized spacial score (nSPS) is 13.5. The van der Waals surface area contributed by atoms with E-state index in [0.29, 0.717) is 45.2 Å². The minimum absolute atomic E-state index is 0.0483. The zero-order chi connectivity index (χ0) is 24.3. The van der Waals surface area contributed by atoms with Gasteiger partial charge in [-0.05, 0) is 23.6 Å². The van der Waals surface area contributed by atoms with Gasteiger partial charge in [0.05, 0.1) is 0 Å². The van der Waals surface area contributed by atoms with Gasteiger partial charge in [-0.1, -0.05) is 60.7 Å². The van der Waals surface area contributed by atoms with E-state index in [0.717, 1.165) is 6.42 Å². The second-order valence-corrected chi connectivity index (χ2v) is 8.51. The van der Waals surface area contributed by atoms with Gasteiger partial charge in [0.1, 0.15) is 0 Å². The Morgan fingerprint density at radius 2 is 1.34 bits per heavy atom. The van der Waals surface area contributed by atoms with Gasteiger partial charge in [0.15, 0.2) is 0 Å². The van der Waals surface area contributed by atoms with Crippen molar-refractivity contribution >= 4 is 17.9 Å². The van der Waals surface area contributed by atoms with E-state index in [2.05, 4.69) is 49.8 Å². The number of hydrogen-bond donors (Lipinski definition) is 2. The summed E-state index contributed by atoms with van der Waals surface area (Å²) in [5.74, 6) is 0.950. The van der Waals surface area contributed by atoms with E-state index < -0.39 is 0 Å². The molecule has 1 aromatic heterocycles. The lowest BCUT2D eigenvalue weighted by atomic mass is 9.88. The number of carbonyl (C=O) groups excluding carboxylic acids is 2. The molecule has 0 saturated carbocycles. The molecule has 1 aliphatic rings. The molecule has 0 radical (unpaired) electrons. The van der Waals surface area contributed by atoms with Gasteiger partial charge in [0.2, 0.25) is 11.9 Å². The van der Waals surface area contributed by atoms with E-state index in [4.69, 9.17) is 0 Å². The van der Waals surface area contributed by atoms with Crippen LogP contribution in [0, 0.1) is 0 Å². The van der Waals surface area contributed by atoms with E-state index in [-0.39, 0.29) is 24.3 Å². The first-order valence-corrected chi connectivity index (χ1v) is 12.1. The van der Waals surface area contributed by atoms with Crippen molar-refractivity contribution in [2.24, 2.45) is 0 Å². The lowest BCUT2D eigenvalue weighted by Crippen LogP contribution is -2.50. The third-order valence-corrected chi connectivity index (χ3v) is 6.21. The van der Waals surface area contributed by atoms with Crippen molar-refractivity contribution in [2.75, 3.05) is 44.2 Å². The number of nitrogens with one attached hydrogen (secondary N) is 2. The molecule has 2 heterocycles. The van der Waals surface area contributed by atoms with Crippen molar-refractivity contribution in [1.82, 2.24) is 25.5 Å². The first-order chi connectivity index (χ1) is 17.2. The number of urea groups is 1. The van der Waals surface area contributed by atoms with Gasteiger partial charge < -0.3 is 20.4 Å². The van der Waals surface area contributed by atoms with Crippen LogP contribution >= 0.6 is 0 Å². The second-order valence-electron chi connectivity index (χ2n) is 8.51. The van der Waals surface area contributed by atoms with Crippen LogP contribution in [0.3, 0.4) is 0 Å². The van der Waals surface area contributed by atoms with Crippen LogP contribution in [0.1, 0.15) is 29.9 Å². The van der Waals surface area contributed by atoms with Crippen LogP contribution in [0.15, 0.2) is 79.1 Å². The molecular weight excluding hydrogens is 440 g/mol. The fourth-order valence-electron chi connectivity index (χ4n) is 4.34. The largest absolute Gasteiger partial charge is 0.339 e. The molecule has 35 heavy (non-hydrogen) atoms. The van der Waals surface area contributed by atoms with Crippen LogP contribution < -0.4 is 15.5 Å². The molecule has 1 saturated heterocycles. The minimum Gasteiger partial charge on any atom is -0.339 e. The number of carbonyl (C=O) groups is 2. The average Bonchev–Trinajstić information content (AvgIpc) is 2.92. The average molecular weight is 473 g/mol. The van der Waals surface area contributed by atoms with Gasteiger partial charge in [-0.3, -0.25) is 4.79 Å². The number of amides is 3. The Bertz CT molecular complexity index is 1020. The van der Waals surface area contributed by atoms with Gasteiger partial charge in [0.25, 0.3) is 0 Å². The number of aromatic nitrogens is 2. The number of anilines is 1. The maximum absolute atomic E-state index is 12.5. The van der Waals surface area contributed by atoms with Crippen molar-refractivity contribution in [1.29, 1.82) is 0 Å². The van der Waals surface area contributed by atoms with Gasteiger partial charge >= 0.3 is 6.03 Å². The number of rotatable bonds is 9. The highest BCUT2D eigenvalue weighted by molar-refractivity contribution is 5.78. The van der Waals surface area contributed by atoms with Gasteiger partial charge in [-0.15, -0.1) is 0 Å². The van der Waals surface area contributed by atoms with Gasteiger partial charge in [0, 0.05) is 64.0 Å². The molecule has 3 amide bonds. The van der Waals surface area contributed by atoms with Crippen LogP contribution in [0.25, 0.3) is 0 Å². The Hall–Kier alpha value is -3.94. The molecule has 8 nitrogen and oxygen atoms in total. The van der Waals surface area contributed by atoms with Crippen molar-refractivity contribution in [2.45, 2.75) is 18.8 Å². The first-order valence-electron chi connectivity index (χ1n) is 12.1. The zero-order valence-electron chi connectivity index (χ0n) is 19.8. The van der Waals surface area contributed by atoms with Gasteiger partial charge in [-0.25, -0.2) is 14.8 Å². The summed E-state index contributed by atoms with van der Waals surface area (Å²) in [5.41, 5.74) is 2.45. The molecular formula is C27H32N6O2. The standard InChI is InChI=1S/C27H32N6O2/c34-25(32-18-20-33(21-19-32)26-28-14-7-15-29-26)13-17-31-27(35)30-16-12-24(22-8-3-1-4-9-22)23-10-5-2-6-11-23/h1-11,14-15,24H,12-13,16-21H2,(H2,30,31,35). The summed E-state index contributed by atoms with van der Waals surface area (Å²) >= 11 is 0. The maximum Gasteiger partial charge on any atom is 0.314 e. The van der Waals surface area contributed by atoms with E-state index in [9.17, 15) is 9.59 Å². The van der Waals surface area contributed by atoms with Crippen LogP contribution in [0.4, 0.5) is 10.7 Å². The monoisotopic (exact) mass is 472 g/mol. The fourth-order valence-corrected chi connectivity index (χ4v) is 4.34. The summed E-state index contributed by atoms with van der Waals surface area (Å²) < 4.78 is 0. The Kier molecular flexibility index (Phi) is 8.64. The predicted molar refractivity (Wildman–Crippen MR) is 136 cm³/mol. The van der Waals surface area contributed by atoms with E-state index in [1.54, 1.807) is 18.5 Å². The summed E-state index contributed by atoms with van der Waals surface area (Å²) in [6.45, 7) is 3.51. The Balaban J connectivity index is 1.16. The molecule has 0 bridgehead atoms. The van der Waals surface area contributed by atoms with Crippen molar-refractivity contribution in [3.05, 3.63) is 90.3 Å².